The van der Waals surface area contributed by atoms with Gasteiger partial charge in [-0.3, -0.25) is 4.79 Å². The fourth-order valence-electron chi connectivity index (χ4n) is 4.19. The van der Waals surface area contributed by atoms with Crippen LogP contribution in [0.15, 0.2) is 35.7 Å². The lowest BCUT2D eigenvalue weighted by Gasteiger charge is -2.23. The van der Waals surface area contributed by atoms with E-state index in [-0.39, 0.29) is 11.8 Å². The molecule has 0 fully saturated rings. The average Bonchev–Trinajstić information content (AvgIpc) is 3.43. The number of amides is 1. The first kappa shape index (κ1) is 22.7. The van der Waals surface area contributed by atoms with Gasteiger partial charge in [0.2, 0.25) is 5.91 Å². The number of nitrogens with one attached hydrogen (secondary N) is 2. The molecule has 2 N–H and O–H groups in total. The van der Waals surface area contributed by atoms with Gasteiger partial charge in [-0.2, -0.15) is 5.26 Å². The zero-order chi connectivity index (χ0) is 22.5. The van der Waals surface area contributed by atoms with E-state index >= 15 is 0 Å². The summed E-state index contributed by atoms with van der Waals surface area (Å²) in [5.41, 5.74) is 3.99. The highest BCUT2D eigenvalue weighted by Crippen LogP contribution is 2.38. The number of fused-ring (bicyclic) bond motifs is 1. The van der Waals surface area contributed by atoms with Crippen LogP contribution in [0, 0.1) is 17.2 Å². The molecule has 1 aromatic carbocycles. The van der Waals surface area contributed by atoms with Crippen molar-refractivity contribution >= 4 is 33.6 Å². The van der Waals surface area contributed by atoms with Crippen molar-refractivity contribution in [3.63, 3.8) is 0 Å². The average molecular weight is 465 g/mol. The molecule has 1 atom stereocenters. The van der Waals surface area contributed by atoms with E-state index in [1.54, 1.807) is 22.7 Å². The summed E-state index contributed by atoms with van der Waals surface area (Å²) < 4.78 is 0. The van der Waals surface area contributed by atoms with Crippen molar-refractivity contribution in [3.8, 4) is 16.6 Å². The number of anilines is 1. The van der Waals surface area contributed by atoms with E-state index in [0.29, 0.717) is 11.6 Å². The zero-order valence-corrected chi connectivity index (χ0v) is 20.1. The van der Waals surface area contributed by atoms with E-state index in [1.165, 1.54) is 4.88 Å². The molecule has 1 amide bonds. The number of aromatic nitrogens is 1. The molecule has 7 heteroatoms. The van der Waals surface area contributed by atoms with Crippen LogP contribution >= 0.6 is 22.7 Å². The van der Waals surface area contributed by atoms with Crippen LogP contribution in [-0.2, 0) is 24.2 Å². The molecule has 0 bridgehead atoms. The molecular weight excluding hydrogens is 436 g/mol. The third kappa shape index (κ3) is 4.93. The Morgan fingerprint density at radius 2 is 2.06 bits per heavy atom. The van der Waals surface area contributed by atoms with Crippen LogP contribution in [0.5, 0.6) is 0 Å². The molecule has 0 radical (unpaired) electrons. The lowest BCUT2D eigenvalue weighted by molar-refractivity contribution is -0.120. The largest absolute Gasteiger partial charge is 0.316 e. The Morgan fingerprint density at radius 3 is 2.78 bits per heavy atom. The Morgan fingerprint density at radius 1 is 1.28 bits per heavy atom. The van der Waals surface area contributed by atoms with Crippen molar-refractivity contribution in [3.05, 3.63) is 57.4 Å². The van der Waals surface area contributed by atoms with E-state index < -0.39 is 0 Å². The quantitative estimate of drug-likeness (QED) is 0.444. The molecule has 32 heavy (non-hydrogen) atoms. The number of thiazole rings is 1. The van der Waals surface area contributed by atoms with Crippen molar-refractivity contribution in [2.24, 2.45) is 5.92 Å². The molecule has 1 aliphatic rings. The van der Waals surface area contributed by atoms with Crippen LogP contribution in [0.2, 0.25) is 0 Å². The fraction of sp³-hybridized carbons (Fsp3) is 0.400. The normalized spacial score (nSPS) is 15.4. The monoisotopic (exact) mass is 464 g/mol. The van der Waals surface area contributed by atoms with Crippen LogP contribution in [-0.4, -0.2) is 16.9 Å². The molecule has 5 nitrogen and oxygen atoms in total. The maximum Gasteiger partial charge on any atom is 0.228 e. The fourth-order valence-corrected chi connectivity index (χ4v) is 6.30. The minimum atomic E-state index is -0.00558. The highest BCUT2D eigenvalue weighted by molar-refractivity contribution is 7.16. The van der Waals surface area contributed by atoms with Crippen LogP contribution in [0.1, 0.15) is 54.8 Å². The number of carbonyl (C=O) groups excluding carboxylic acids is 1. The Hall–Kier alpha value is -2.53. The molecule has 0 saturated carbocycles. The lowest BCUT2D eigenvalue weighted by Crippen LogP contribution is -2.33. The first-order valence-electron chi connectivity index (χ1n) is 11.2. The van der Waals surface area contributed by atoms with Crippen LogP contribution < -0.4 is 10.6 Å². The number of carbonyl (C=O) groups is 1. The van der Waals surface area contributed by atoms with Gasteiger partial charge in [0.1, 0.15) is 16.1 Å². The molecule has 1 aliphatic carbocycles. The Labute approximate surface area is 197 Å². The van der Waals surface area contributed by atoms with Gasteiger partial charge >= 0.3 is 0 Å². The second-order valence-electron chi connectivity index (χ2n) is 8.15. The van der Waals surface area contributed by atoms with Crippen molar-refractivity contribution in [1.82, 2.24) is 10.3 Å². The van der Waals surface area contributed by atoms with Gasteiger partial charge in [-0.1, -0.05) is 44.2 Å². The van der Waals surface area contributed by atoms with Crippen molar-refractivity contribution in [1.29, 1.82) is 5.26 Å². The predicted octanol–water partition coefficient (Wildman–Crippen LogP) is 5.77. The first-order valence-corrected chi connectivity index (χ1v) is 12.9. The number of hydrogen-bond donors (Lipinski definition) is 2. The van der Waals surface area contributed by atoms with Gasteiger partial charge in [0, 0.05) is 34.3 Å². The summed E-state index contributed by atoms with van der Waals surface area (Å²) in [6.45, 7) is 4.79. The van der Waals surface area contributed by atoms with Gasteiger partial charge in [0.05, 0.1) is 11.3 Å². The maximum atomic E-state index is 12.6. The molecule has 0 aliphatic heterocycles. The summed E-state index contributed by atoms with van der Waals surface area (Å²) in [6.07, 6.45) is 4.34. The SMILES string of the molecule is CCC(CC)C(=O)Nc1sc2c(c1C#N)CCC(NCc1csc(-c3ccccc3)n1)C2. The van der Waals surface area contributed by atoms with Gasteiger partial charge < -0.3 is 10.6 Å². The number of nitrogens with zero attached hydrogens (tertiary/aromatic N) is 2. The Kier molecular flexibility index (Phi) is 7.36. The summed E-state index contributed by atoms with van der Waals surface area (Å²) in [5.74, 6) is 0.0199. The van der Waals surface area contributed by atoms with Crippen molar-refractivity contribution in [2.45, 2.75) is 58.5 Å². The molecule has 166 valence electrons. The second-order valence-corrected chi connectivity index (χ2v) is 10.1. The molecule has 2 heterocycles. The smallest absolute Gasteiger partial charge is 0.228 e. The highest BCUT2D eigenvalue weighted by Gasteiger charge is 2.27. The zero-order valence-electron chi connectivity index (χ0n) is 18.5. The van der Waals surface area contributed by atoms with Crippen LogP contribution in [0.25, 0.3) is 10.6 Å². The van der Waals surface area contributed by atoms with E-state index in [0.717, 1.165) is 65.5 Å². The molecule has 0 spiro atoms. The van der Waals surface area contributed by atoms with Crippen LogP contribution in [0.3, 0.4) is 0 Å². The number of thiophene rings is 1. The summed E-state index contributed by atoms with van der Waals surface area (Å²) in [5, 5.41) is 20.3. The lowest BCUT2D eigenvalue weighted by atomic mass is 9.92. The van der Waals surface area contributed by atoms with Gasteiger partial charge in [-0.25, -0.2) is 4.98 Å². The molecule has 3 aromatic rings. The summed E-state index contributed by atoms with van der Waals surface area (Å²) in [6, 6.07) is 12.9. The van der Waals surface area contributed by atoms with Crippen LogP contribution in [0.4, 0.5) is 5.00 Å². The predicted molar refractivity (Wildman–Crippen MR) is 132 cm³/mol. The summed E-state index contributed by atoms with van der Waals surface area (Å²) >= 11 is 3.24. The number of rotatable bonds is 8. The molecule has 4 rings (SSSR count). The molecule has 2 aromatic heterocycles. The van der Waals surface area contributed by atoms with E-state index in [4.69, 9.17) is 4.98 Å². The molecule has 1 unspecified atom stereocenters. The molecule has 0 saturated heterocycles. The summed E-state index contributed by atoms with van der Waals surface area (Å²) in [4.78, 5) is 18.5. The number of hydrogen-bond acceptors (Lipinski definition) is 6. The highest BCUT2D eigenvalue weighted by atomic mass is 32.1. The maximum absolute atomic E-state index is 12.6. The number of nitriles is 1. The Bertz CT molecular complexity index is 1110. The van der Waals surface area contributed by atoms with Gasteiger partial charge in [-0.05, 0) is 37.7 Å². The third-order valence-electron chi connectivity index (χ3n) is 6.11. The minimum absolute atomic E-state index is 0.00558. The first-order chi connectivity index (χ1) is 15.6. The van der Waals surface area contributed by atoms with E-state index in [1.807, 2.05) is 32.0 Å². The van der Waals surface area contributed by atoms with E-state index in [2.05, 4.69) is 34.2 Å². The minimum Gasteiger partial charge on any atom is -0.316 e. The standard InChI is InChI=1S/C25H28N4OS2/c1-3-16(4-2)23(30)29-25-21(13-26)20-11-10-18(12-22(20)32-25)27-14-19-15-31-24(28-19)17-8-6-5-7-9-17/h5-9,15-16,18,27H,3-4,10-12,14H2,1-2H3,(H,29,30). The van der Waals surface area contributed by atoms with Gasteiger partial charge in [-0.15, -0.1) is 22.7 Å². The topological polar surface area (TPSA) is 77.8 Å². The molecular formula is C25H28N4OS2. The second kappa shape index (κ2) is 10.4. The third-order valence-corrected chi connectivity index (χ3v) is 8.22. The van der Waals surface area contributed by atoms with E-state index in [9.17, 15) is 10.1 Å². The van der Waals surface area contributed by atoms with Gasteiger partial charge in [0.25, 0.3) is 0 Å². The van der Waals surface area contributed by atoms with Crippen molar-refractivity contribution in [2.75, 3.05) is 5.32 Å². The Balaban J connectivity index is 1.40. The number of benzene rings is 1. The van der Waals surface area contributed by atoms with Crippen molar-refractivity contribution < 1.29 is 4.79 Å². The summed E-state index contributed by atoms with van der Waals surface area (Å²) in [7, 11) is 0. The van der Waals surface area contributed by atoms with Gasteiger partial charge in [0.15, 0.2) is 0 Å².